The Hall–Kier alpha value is -0.990. The van der Waals surface area contributed by atoms with Crippen LogP contribution in [0, 0.1) is 0 Å². The first kappa shape index (κ1) is 14.4. The first-order valence-corrected chi connectivity index (χ1v) is 7.78. The molecule has 0 amide bonds. The zero-order valence-electron chi connectivity index (χ0n) is 11.7. The smallest absolute Gasteiger partial charge is 0.216 e. The highest BCUT2D eigenvalue weighted by molar-refractivity contribution is 7.89. The van der Waals surface area contributed by atoms with E-state index in [1.807, 2.05) is 11.5 Å². The molecule has 0 spiro atoms. The first-order valence-electron chi connectivity index (χ1n) is 6.28. The van der Waals surface area contributed by atoms with Crippen LogP contribution in [0.3, 0.4) is 0 Å². The molecule has 0 N–H and O–H groups in total. The van der Waals surface area contributed by atoms with Crippen LogP contribution < -0.4 is 0 Å². The van der Waals surface area contributed by atoms with Gasteiger partial charge in [-0.15, -0.1) is 10.2 Å². The maximum absolute atomic E-state index is 12.2. The van der Waals surface area contributed by atoms with Crippen LogP contribution in [0.15, 0.2) is 0 Å². The van der Waals surface area contributed by atoms with E-state index in [1.165, 1.54) is 4.31 Å². The molecule has 1 aromatic heterocycles. The average molecular weight is 288 g/mol. The van der Waals surface area contributed by atoms with Crippen molar-refractivity contribution >= 4 is 10.0 Å². The summed E-state index contributed by atoms with van der Waals surface area (Å²) in [5.41, 5.74) is 0. The number of hydrogen-bond acceptors (Lipinski definition) is 5. The van der Waals surface area contributed by atoms with Crippen LogP contribution in [0.25, 0.3) is 0 Å². The molecule has 1 aromatic rings. The van der Waals surface area contributed by atoms with Crippen molar-refractivity contribution in [3.8, 4) is 0 Å². The molecular formula is C11H20N4O3S. The van der Waals surface area contributed by atoms with E-state index in [2.05, 4.69) is 10.2 Å². The summed E-state index contributed by atoms with van der Waals surface area (Å²) in [5.74, 6) is 1.42. The van der Waals surface area contributed by atoms with Gasteiger partial charge in [0, 0.05) is 19.7 Å². The standard InChI is InChI=1S/C11H20N4O3S/c1-8(2)19(16,17)14-5-9(3)15-10(6-14)12-13-11(15)7-18-4/h8-9H,5-7H2,1-4H3/t9-/m0/s1. The van der Waals surface area contributed by atoms with Gasteiger partial charge in [-0.2, -0.15) is 4.31 Å². The van der Waals surface area contributed by atoms with Crippen molar-refractivity contribution in [2.24, 2.45) is 0 Å². The number of ether oxygens (including phenoxy) is 1. The Balaban J connectivity index is 2.31. The van der Waals surface area contributed by atoms with Gasteiger partial charge in [-0.3, -0.25) is 0 Å². The summed E-state index contributed by atoms with van der Waals surface area (Å²) >= 11 is 0. The fourth-order valence-corrected chi connectivity index (χ4v) is 3.61. The van der Waals surface area contributed by atoms with E-state index in [0.717, 1.165) is 5.82 Å². The van der Waals surface area contributed by atoms with Crippen LogP contribution in [0.1, 0.15) is 38.5 Å². The van der Waals surface area contributed by atoms with Crippen molar-refractivity contribution in [1.29, 1.82) is 0 Å². The largest absolute Gasteiger partial charge is 0.377 e. The van der Waals surface area contributed by atoms with Crippen LogP contribution >= 0.6 is 0 Å². The second-order valence-electron chi connectivity index (χ2n) is 5.07. The quantitative estimate of drug-likeness (QED) is 0.808. The Morgan fingerprint density at radius 3 is 2.68 bits per heavy atom. The molecule has 19 heavy (non-hydrogen) atoms. The molecule has 0 aliphatic carbocycles. The van der Waals surface area contributed by atoms with Crippen LogP contribution in [0.2, 0.25) is 0 Å². The van der Waals surface area contributed by atoms with Gasteiger partial charge in [0.25, 0.3) is 0 Å². The van der Waals surface area contributed by atoms with E-state index < -0.39 is 15.3 Å². The van der Waals surface area contributed by atoms with Crippen molar-refractivity contribution in [3.05, 3.63) is 11.6 Å². The third-order valence-electron chi connectivity index (χ3n) is 3.29. The SMILES string of the molecule is COCc1nnc2n1[C@@H](C)CN(S(=O)(=O)C(C)C)C2. The molecule has 0 fully saturated rings. The minimum Gasteiger partial charge on any atom is -0.377 e. The van der Waals surface area contributed by atoms with Gasteiger partial charge in [-0.25, -0.2) is 8.42 Å². The monoisotopic (exact) mass is 288 g/mol. The predicted molar refractivity (Wildman–Crippen MR) is 69.9 cm³/mol. The van der Waals surface area contributed by atoms with E-state index in [9.17, 15) is 8.42 Å². The maximum atomic E-state index is 12.2. The van der Waals surface area contributed by atoms with Crippen molar-refractivity contribution in [3.63, 3.8) is 0 Å². The summed E-state index contributed by atoms with van der Waals surface area (Å²) in [6.07, 6.45) is 0. The molecule has 1 atom stereocenters. The summed E-state index contributed by atoms with van der Waals surface area (Å²) < 4.78 is 33.0. The first-order chi connectivity index (χ1) is 8.87. The molecule has 7 nitrogen and oxygen atoms in total. The number of hydrogen-bond donors (Lipinski definition) is 0. The Labute approximate surface area is 113 Å². The van der Waals surface area contributed by atoms with E-state index in [-0.39, 0.29) is 12.6 Å². The van der Waals surface area contributed by atoms with Gasteiger partial charge in [-0.1, -0.05) is 0 Å². The number of nitrogens with zero attached hydrogens (tertiary/aromatic N) is 4. The predicted octanol–water partition coefficient (Wildman–Crippen LogP) is 0.539. The Kier molecular flexibility index (Phi) is 3.93. The molecule has 2 rings (SSSR count). The third kappa shape index (κ3) is 2.52. The molecule has 108 valence electrons. The second-order valence-corrected chi connectivity index (χ2v) is 7.56. The van der Waals surface area contributed by atoms with E-state index in [4.69, 9.17) is 4.74 Å². The molecule has 2 heterocycles. The van der Waals surface area contributed by atoms with Crippen LogP contribution in [0.5, 0.6) is 0 Å². The fourth-order valence-electron chi connectivity index (χ4n) is 2.30. The van der Waals surface area contributed by atoms with Crippen molar-refractivity contribution in [2.45, 2.75) is 45.2 Å². The summed E-state index contributed by atoms with van der Waals surface area (Å²) in [6.45, 7) is 6.46. The zero-order chi connectivity index (χ0) is 14.2. The van der Waals surface area contributed by atoms with E-state index >= 15 is 0 Å². The summed E-state index contributed by atoms with van der Waals surface area (Å²) in [6, 6.07) is 0.0115. The Morgan fingerprint density at radius 1 is 1.42 bits per heavy atom. The van der Waals surface area contributed by atoms with Gasteiger partial charge >= 0.3 is 0 Å². The number of methoxy groups -OCH3 is 1. The lowest BCUT2D eigenvalue weighted by Crippen LogP contribution is -2.43. The molecule has 1 aliphatic heterocycles. The number of aromatic nitrogens is 3. The van der Waals surface area contributed by atoms with Crippen LogP contribution in [0.4, 0.5) is 0 Å². The molecule has 0 radical (unpaired) electrons. The van der Waals surface area contributed by atoms with Gasteiger partial charge < -0.3 is 9.30 Å². The highest BCUT2D eigenvalue weighted by Crippen LogP contribution is 2.25. The lowest BCUT2D eigenvalue weighted by Gasteiger charge is -2.32. The molecule has 1 aliphatic rings. The van der Waals surface area contributed by atoms with Crippen molar-refractivity contribution < 1.29 is 13.2 Å². The Bertz CT molecular complexity index is 552. The van der Waals surface area contributed by atoms with E-state index in [0.29, 0.717) is 19.0 Å². The molecule has 0 unspecified atom stereocenters. The van der Waals surface area contributed by atoms with Gasteiger partial charge in [0.05, 0.1) is 11.8 Å². The van der Waals surface area contributed by atoms with Crippen LogP contribution in [-0.2, 0) is 27.9 Å². The molecule has 0 bridgehead atoms. The van der Waals surface area contributed by atoms with Gasteiger partial charge in [-0.05, 0) is 20.8 Å². The summed E-state index contributed by atoms with van der Waals surface area (Å²) in [4.78, 5) is 0. The average Bonchev–Trinajstić information content (AvgIpc) is 2.73. The van der Waals surface area contributed by atoms with Gasteiger partial charge in [0.1, 0.15) is 12.4 Å². The van der Waals surface area contributed by atoms with Gasteiger partial charge in [0.2, 0.25) is 10.0 Å². The molecule has 8 heteroatoms. The normalized spacial score (nSPS) is 20.8. The molecule has 0 aromatic carbocycles. The minimum absolute atomic E-state index is 0.0115. The van der Waals surface area contributed by atoms with Crippen LogP contribution in [-0.4, -0.2) is 46.4 Å². The summed E-state index contributed by atoms with van der Waals surface area (Å²) in [5, 5.41) is 7.72. The molecule has 0 saturated heterocycles. The minimum atomic E-state index is -3.26. The number of sulfonamides is 1. The third-order valence-corrected chi connectivity index (χ3v) is 5.48. The van der Waals surface area contributed by atoms with Crippen molar-refractivity contribution in [1.82, 2.24) is 19.1 Å². The fraction of sp³-hybridized carbons (Fsp3) is 0.818. The van der Waals surface area contributed by atoms with Crippen molar-refractivity contribution in [2.75, 3.05) is 13.7 Å². The zero-order valence-corrected chi connectivity index (χ0v) is 12.5. The van der Waals surface area contributed by atoms with Gasteiger partial charge in [0.15, 0.2) is 5.82 Å². The topological polar surface area (TPSA) is 77.3 Å². The highest BCUT2D eigenvalue weighted by Gasteiger charge is 2.34. The summed E-state index contributed by atoms with van der Waals surface area (Å²) in [7, 11) is -1.66. The number of fused-ring (bicyclic) bond motifs is 1. The maximum Gasteiger partial charge on any atom is 0.216 e. The lowest BCUT2D eigenvalue weighted by molar-refractivity contribution is 0.168. The lowest BCUT2D eigenvalue weighted by atomic mass is 10.2. The highest BCUT2D eigenvalue weighted by atomic mass is 32.2. The molecule has 0 saturated carbocycles. The van der Waals surface area contributed by atoms with E-state index in [1.54, 1.807) is 21.0 Å². The number of rotatable bonds is 4. The molecular weight excluding hydrogens is 268 g/mol. The Morgan fingerprint density at radius 2 is 2.11 bits per heavy atom. The second kappa shape index (κ2) is 5.18.